The summed E-state index contributed by atoms with van der Waals surface area (Å²) in [5, 5.41) is 7.29. The predicted octanol–water partition coefficient (Wildman–Crippen LogP) is -0.0988. The molecule has 0 rings (SSSR count). The second-order valence-corrected chi connectivity index (χ2v) is 0.583. The van der Waals surface area contributed by atoms with E-state index in [2.05, 4.69) is 4.89 Å². The van der Waals surface area contributed by atoms with Crippen molar-refractivity contribution in [1.29, 1.82) is 0 Å². The van der Waals surface area contributed by atoms with E-state index in [-0.39, 0.29) is 0 Å². The van der Waals surface area contributed by atoms with Gasteiger partial charge >= 0.3 is 33.5 Å². The van der Waals surface area contributed by atoms with Crippen LogP contribution in [0, 0.1) is 0 Å². The molecule has 0 atom stereocenters. The van der Waals surface area contributed by atoms with Gasteiger partial charge in [-0.3, -0.25) is 0 Å². The van der Waals surface area contributed by atoms with Gasteiger partial charge in [0.15, 0.2) is 0 Å². The summed E-state index contributed by atoms with van der Waals surface area (Å²) in [5.41, 5.74) is 0. The molecule has 0 aromatic carbocycles. The molecule has 4 nitrogen and oxygen atoms in total. The molecule has 0 aliphatic heterocycles. The summed E-state index contributed by atoms with van der Waals surface area (Å²) in [6.07, 6.45) is 0. The van der Waals surface area contributed by atoms with E-state index < -0.39 is 5.97 Å². The van der Waals surface area contributed by atoms with Crippen molar-refractivity contribution >= 4 is 5.97 Å². The van der Waals surface area contributed by atoms with Crippen LogP contribution < -0.4 is 0 Å². The van der Waals surface area contributed by atoms with E-state index in [0.29, 0.717) is 24.7 Å². The summed E-state index contributed by atoms with van der Waals surface area (Å²) >= 11 is 0.300. The van der Waals surface area contributed by atoms with Gasteiger partial charge in [0.25, 0.3) is 0 Å². The molecule has 0 bridgehead atoms. The quantitative estimate of drug-likeness (QED) is 0.421. The van der Waals surface area contributed by atoms with Crippen LogP contribution in [0.25, 0.3) is 0 Å². The Hall–Kier alpha value is 0.113. The molecule has 5 heteroatoms. The van der Waals surface area contributed by atoms with Crippen molar-refractivity contribution in [3.63, 3.8) is 0 Å². The second-order valence-electron chi connectivity index (χ2n) is 0.583. The van der Waals surface area contributed by atoms with E-state index >= 15 is 0 Å². The molecule has 0 radical (unpaired) electrons. The van der Waals surface area contributed by atoms with Crippen LogP contribution in [-0.4, -0.2) is 11.2 Å². The van der Waals surface area contributed by atoms with Crippen LogP contribution in [0.5, 0.6) is 0 Å². The normalized spacial score (nSPS) is 5.29. The molecule has 1 N–H and O–H groups in total. The van der Waals surface area contributed by atoms with Gasteiger partial charge in [-0.05, 0) is 0 Å². The average molecular weight is 183 g/mol. The van der Waals surface area contributed by atoms with Gasteiger partial charge in [0.05, 0.1) is 0 Å². The van der Waals surface area contributed by atoms with E-state index in [0.717, 1.165) is 6.92 Å². The van der Waals surface area contributed by atoms with Crippen LogP contribution in [0.2, 0.25) is 0 Å². The molecule has 0 amide bonds. The Morgan fingerprint density at radius 1 is 1.71 bits per heavy atom. The molecule has 0 spiro atoms. The molecule has 0 aromatic rings. The first-order valence-electron chi connectivity index (χ1n) is 1.29. The third-order valence-electron chi connectivity index (χ3n) is 0.129. The minimum atomic E-state index is -0.690. The Labute approximate surface area is 55.7 Å². The Bertz CT molecular complexity index is 53.7. The number of carbonyl (C=O) groups is 1. The van der Waals surface area contributed by atoms with Gasteiger partial charge in [0.2, 0.25) is 0 Å². The van der Waals surface area contributed by atoms with Crippen molar-refractivity contribution in [2.24, 2.45) is 0 Å². The number of carbonyl (C=O) groups excluding carboxylic acids is 1. The van der Waals surface area contributed by atoms with Gasteiger partial charge in [-0.1, -0.05) is 0 Å². The monoisotopic (exact) mass is 182 g/mol. The topological polar surface area (TPSA) is 63.6 Å². The molecule has 0 heterocycles. The zero-order chi connectivity index (χ0) is 6.28. The molecule has 0 aromatic heterocycles. The Kier molecular flexibility index (Phi) is 13.7. The average Bonchev–Trinajstić information content (AvgIpc) is 1.73. The third kappa shape index (κ3) is 23.2. The van der Waals surface area contributed by atoms with Gasteiger partial charge in [0.1, 0.15) is 0 Å². The van der Waals surface area contributed by atoms with E-state index in [1.54, 1.807) is 0 Å². The summed E-state index contributed by atoms with van der Waals surface area (Å²) < 4.78 is 8.34. The van der Waals surface area contributed by atoms with Gasteiger partial charge in [-0.15, -0.1) is 0 Å². The fraction of sp³-hybridized carbons (Fsp3) is 0.500. The number of hydrogen-bond acceptors (Lipinski definition) is 4. The molecule has 40 valence electrons. The van der Waals surface area contributed by atoms with E-state index in [1.165, 1.54) is 0 Å². The van der Waals surface area contributed by atoms with Crippen LogP contribution in [0.15, 0.2) is 0 Å². The fourth-order valence-corrected chi connectivity index (χ4v) is 0. The van der Waals surface area contributed by atoms with Crippen molar-refractivity contribution < 1.29 is 42.5 Å². The van der Waals surface area contributed by atoms with Gasteiger partial charge < -0.3 is 4.89 Å². The second kappa shape index (κ2) is 9.45. The van der Waals surface area contributed by atoms with E-state index in [9.17, 15) is 4.79 Å². The SMILES string of the molecule is CC(=O)OO.[O]=[Zr]. The van der Waals surface area contributed by atoms with Crippen molar-refractivity contribution in [1.82, 2.24) is 0 Å². The number of hydrogen-bond donors (Lipinski definition) is 1. The van der Waals surface area contributed by atoms with Crippen LogP contribution >= 0.6 is 0 Å². The molecular formula is C2H4O4Zr. The van der Waals surface area contributed by atoms with Gasteiger partial charge in [0, 0.05) is 6.92 Å². The zero-order valence-corrected chi connectivity index (χ0v) is 6.13. The van der Waals surface area contributed by atoms with Crippen molar-refractivity contribution in [3.05, 3.63) is 0 Å². The van der Waals surface area contributed by atoms with Gasteiger partial charge in [-0.25, -0.2) is 4.79 Å². The van der Waals surface area contributed by atoms with Crippen LogP contribution in [0.1, 0.15) is 6.92 Å². The Morgan fingerprint density at radius 2 is 1.86 bits per heavy atom. The van der Waals surface area contributed by atoms with Crippen LogP contribution in [0.3, 0.4) is 0 Å². The molecule has 0 saturated heterocycles. The summed E-state index contributed by atoms with van der Waals surface area (Å²) in [7, 11) is 0. The molecular weight excluding hydrogens is 179 g/mol. The first-order chi connectivity index (χ1) is 3.27. The van der Waals surface area contributed by atoms with Crippen molar-refractivity contribution in [2.75, 3.05) is 0 Å². The third-order valence-corrected chi connectivity index (χ3v) is 0.129. The minimum absolute atomic E-state index is 0.300. The molecule has 7 heavy (non-hydrogen) atoms. The Morgan fingerprint density at radius 3 is 1.86 bits per heavy atom. The van der Waals surface area contributed by atoms with Crippen molar-refractivity contribution in [3.8, 4) is 0 Å². The molecule has 0 fully saturated rings. The summed E-state index contributed by atoms with van der Waals surface area (Å²) in [6, 6.07) is 0. The maximum atomic E-state index is 9.34. The molecule has 0 aliphatic carbocycles. The van der Waals surface area contributed by atoms with Crippen LogP contribution in [0.4, 0.5) is 0 Å². The standard InChI is InChI=1S/C2H4O3.O.Zr/c1-2(3)5-4;;/h4H,1H3;;. The molecule has 0 saturated carbocycles. The zero-order valence-electron chi connectivity index (χ0n) is 3.67. The molecule has 0 aliphatic rings. The predicted molar refractivity (Wildman–Crippen MR) is 15.1 cm³/mol. The summed E-state index contributed by atoms with van der Waals surface area (Å²) in [4.78, 5) is 12.5. The summed E-state index contributed by atoms with van der Waals surface area (Å²) in [5.74, 6) is -0.690. The van der Waals surface area contributed by atoms with E-state index in [4.69, 9.17) is 8.07 Å². The Balaban J connectivity index is 0. The first-order valence-corrected chi connectivity index (χ1v) is 2.30. The first kappa shape index (κ1) is 10.2. The molecule has 0 unspecified atom stereocenters. The maximum absolute atomic E-state index is 9.34. The van der Waals surface area contributed by atoms with Gasteiger partial charge in [-0.2, -0.15) is 5.26 Å². The van der Waals surface area contributed by atoms with E-state index in [1.807, 2.05) is 0 Å². The fourth-order valence-electron chi connectivity index (χ4n) is 0. The van der Waals surface area contributed by atoms with Crippen molar-refractivity contribution in [2.45, 2.75) is 6.92 Å². The summed E-state index contributed by atoms with van der Waals surface area (Å²) in [6.45, 7) is 1.11. The number of rotatable bonds is 0. The van der Waals surface area contributed by atoms with Crippen LogP contribution in [-0.2, 0) is 37.2 Å².